The van der Waals surface area contributed by atoms with Crippen LogP contribution in [0.1, 0.15) is 33.9 Å². The van der Waals surface area contributed by atoms with Crippen LogP contribution in [0.15, 0.2) is 12.5 Å². The lowest BCUT2D eigenvalue weighted by molar-refractivity contribution is -0.149. The number of hydrogen-bond donors (Lipinski definition) is 2. The highest BCUT2D eigenvalue weighted by molar-refractivity contribution is 7.51. The first-order valence-corrected chi connectivity index (χ1v) is 11.2. The molecular weight excluding hydrogens is 434 g/mol. The second-order valence-electron chi connectivity index (χ2n) is 7.92. The number of nitrogens with one attached hydrogen (secondary N) is 1. The van der Waals surface area contributed by atoms with E-state index in [0.717, 1.165) is 0 Å². The summed E-state index contributed by atoms with van der Waals surface area (Å²) in [5.74, 6) is -0.633. The molecule has 2 aliphatic rings. The van der Waals surface area contributed by atoms with Gasteiger partial charge in [-0.25, -0.2) is 24.0 Å². The summed E-state index contributed by atoms with van der Waals surface area (Å²) in [6, 6.07) is -0.994. The third-order valence-corrected chi connectivity index (χ3v) is 6.68. The van der Waals surface area contributed by atoms with Gasteiger partial charge in [0.15, 0.2) is 17.5 Å². The first-order chi connectivity index (χ1) is 14.5. The van der Waals surface area contributed by atoms with E-state index in [9.17, 15) is 9.36 Å². The van der Waals surface area contributed by atoms with E-state index in [1.165, 1.54) is 30.9 Å². The minimum Gasteiger partial charge on any atom is -0.462 e. The van der Waals surface area contributed by atoms with E-state index >= 15 is 4.39 Å². The van der Waals surface area contributed by atoms with Crippen LogP contribution in [0.5, 0.6) is 0 Å². The molecule has 4 rings (SSSR count). The number of ether oxygens (including phenoxy) is 2. The first kappa shape index (κ1) is 22.0. The van der Waals surface area contributed by atoms with Crippen LogP contribution in [0.2, 0.25) is 0 Å². The summed E-state index contributed by atoms with van der Waals surface area (Å²) in [6.07, 6.45) is -0.855. The van der Waals surface area contributed by atoms with Gasteiger partial charge in [0.25, 0.3) is 0 Å². The Bertz CT molecular complexity index is 1050. The fourth-order valence-electron chi connectivity index (χ4n) is 3.56. The Hall–Kier alpha value is -2.18. The number of imidazole rings is 1. The second-order valence-corrected chi connectivity index (χ2v) is 9.64. The van der Waals surface area contributed by atoms with Crippen LogP contribution in [-0.2, 0) is 27.9 Å². The smallest absolute Gasteiger partial charge is 0.406 e. The van der Waals surface area contributed by atoms with Crippen LogP contribution in [0.4, 0.5) is 10.3 Å². The van der Waals surface area contributed by atoms with Crippen LogP contribution in [0.25, 0.3) is 11.2 Å². The minimum absolute atomic E-state index is 0.000722. The maximum absolute atomic E-state index is 15.9. The number of carbonyl (C=O) groups excluding carboxylic acids is 1. The molecule has 0 amide bonds. The molecular formula is C17H24FN6O6P. The Kier molecular flexibility index (Phi) is 5.51. The van der Waals surface area contributed by atoms with Gasteiger partial charge in [0, 0.05) is 0 Å². The maximum Gasteiger partial charge on any atom is 0.406 e. The van der Waals surface area contributed by atoms with Gasteiger partial charge >= 0.3 is 13.7 Å². The Morgan fingerprint density at radius 3 is 2.90 bits per heavy atom. The van der Waals surface area contributed by atoms with Crippen molar-refractivity contribution in [2.24, 2.45) is 0 Å². The van der Waals surface area contributed by atoms with Gasteiger partial charge in [-0.1, -0.05) is 0 Å². The molecule has 0 bridgehead atoms. The molecule has 31 heavy (non-hydrogen) atoms. The third-order valence-electron chi connectivity index (χ3n) is 4.99. The highest BCUT2D eigenvalue weighted by Gasteiger charge is 2.61. The number of nitrogens with two attached hydrogens (primary N) is 1. The van der Waals surface area contributed by atoms with Crippen molar-refractivity contribution in [2.75, 3.05) is 12.3 Å². The number of alkyl halides is 1. The van der Waals surface area contributed by atoms with Crippen molar-refractivity contribution in [3.63, 3.8) is 0 Å². The summed E-state index contributed by atoms with van der Waals surface area (Å²) in [6.45, 7) is 5.89. The second kappa shape index (κ2) is 7.75. The fourth-order valence-corrected chi connectivity index (χ4v) is 5.32. The molecule has 6 atom stereocenters. The van der Waals surface area contributed by atoms with Crippen molar-refractivity contribution in [3.05, 3.63) is 12.5 Å². The van der Waals surface area contributed by atoms with E-state index in [-0.39, 0.29) is 24.3 Å². The molecule has 4 heterocycles. The lowest BCUT2D eigenvalue weighted by atomic mass is 9.98. The molecule has 2 aliphatic heterocycles. The van der Waals surface area contributed by atoms with Crippen LogP contribution in [0.3, 0.4) is 0 Å². The lowest BCUT2D eigenvalue weighted by Crippen LogP contribution is -2.47. The Morgan fingerprint density at radius 2 is 2.19 bits per heavy atom. The van der Waals surface area contributed by atoms with Crippen LogP contribution in [0, 0.1) is 0 Å². The van der Waals surface area contributed by atoms with Gasteiger partial charge in [0.05, 0.1) is 25.2 Å². The lowest BCUT2D eigenvalue weighted by Gasteiger charge is -2.35. The fraction of sp³-hybridized carbons (Fsp3) is 0.647. The summed E-state index contributed by atoms with van der Waals surface area (Å²) < 4.78 is 52.2. The van der Waals surface area contributed by atoms with Crippen LogP contribution < -0.4 is 10.8 Å². The topological polar surface area (TPSA) is 153 Å². The first-order valence-electron chi connectivity index (χ1n) is 9.71. The van der Waals surface area contributed by atoms with Crippen molar-refractivity contribution in [3.8, 4) is 0 Å². The average molecular weight is 458 g/mol. The van der Waals surface area contributed by atoms with E-state index in [2.05, 4.69) is 20.0 Å². The number of halogens is 1. The largest absolute Gasteiger partial charge is 0.462 e. The van der Waals surface area contributed by atoms with Gasteiger partial charge in [0.1, 0.15) is 23.8 Å². The predicted octanol–water partition coefficient (Wildman–Crippen LogP) is 1.49. The zero-order valence-corrected chi connectivity index (χ0v) is 18.3. The number of aromatic nitrogens is 4. The number of carbonyl (C=O) groups is 1. The third kappa shape index (κ3) is 4.03. The molecule has 2 aromatic heterocycles. The Morgan fingerprint density at radius 1 is 1.45 bits per heavy atom. The summed E-state index contributed by atoms with van der Waals surface area (Å²) in [5, 5.41) is 2.50. The molecule has 0 aromatic carbocycles. The van der Waals surface area contributed by atoms with Crippen LogP contribution >= 0.6 is 7.75 Å². The molecule has 3 N–H and O–H groups in total. The van der Waals surface area contributed by atoms with E-state index < -0.39 is 43.9 Å². The minimum atomic E-state index is -4.02. The number of nitrogens with zero attached hydrogens (tertiary/aromatic N) is 4. The van der Waals surface area contributed by atoms with E-state index in [4.69, 9.17) is 24.3 Å². The van der Waals surface area contributed by atoms with E-state index in [1.807, 2.05) is 0 Å². The van der Waals surface area contributed by atoms with Gasteiger partial charge < -0.3 is 15.2 Å². The summed E-state index contributed by atoms with van der Waals surface area (Å²) in [7, 11) is -4.02. The SMILES string of the molecule is CC(C)OC(=O)[C@@H](C)NP1(=O)OC[C@H]2O[C@@H](n3cnc4cnc(N)nc43)[C@](C)(F)[C@@H]2O1. The van der Waals surface area contributed by atoms with E-state index in [1.54, 1.807) is 13.8 Å². The zero-order valence-electron chi connectivity index (χ0n) is 17.4. The summed E-state index contributed by atoms with van der Waals surface area (Å²) in [5.41, 5.74) is 4.20. The molecule has 1 unspecified atom stereocenters. The number of rotatable bonds is 5. The van der Waals surface area contributed by atoms with Crippen molar-refractivity contribution in [2.45, 2.75) is 63.9 Å². The number of fused-ring (bicyclic) bond motifs is 2. The standard InChI is InChI=1S/C17H24FN6O6P/c1-8(2)28-14(25)9(3)23-31(26)27-6-11-12(30-31)17(4,18)15(29-11)24-7-21-10-5-20-16(19)22-13(10)24/h5,7-9,11-12,15H,6H2,1-4H3,(H,23,26)(H2,19,20,22)/t9-,11-,12-,15-,17-,31?/m1/s1. The molecule has 0 saturated carbocycles. The molecule has 14 heteroatoms. The number of hydrogen-bond acceptors (Lipinski definition) is 10. The number of anilines is 1. The van der Waals surface area contributed by atoms with E-state index in [0.29, 0.717) is 5.52 Å². The van der Waals surface area contributed by atoms with Gasteiger partial charge in [-0.2, -0.15) is 4.98 Å². The molecule has 2 aromatic rings. The van der Waals surface area contributed by atoms with Crippen molar-refractivity contribution < 1.29 is 32.3 Å². The number of esters is 1. The van der Waals surface area contributed by atoms with Gasteiger partial charge in [-0.15, -0.1) is 0 Å². The molecule has 0 spiro atoms. The van der Waals surface area contributed by atoms with Gasteiger partial charge in [-0.05, 0) is 27.7 Å². The average Bonchev–Trinajstić information content (AvgIpc) is 3.19. The van der Waals surface area contributed by atoms with Crippen LogP contribution in [-0.4, -0.2) is 62.1 Å². The number of nitrogen functional groups attached to an aromatic ring is 1. The van der Waals surface area contributed by atoms with Gasteiger partial charge in [-0.3, -0.25) is 18.4 Å². The van der Waals surface area contributed by atoms with Crippen molar-refractivity contribution in [1.82, 2.24) is 24.6 Å². The summed E-state index contributed by atoms with van der Waals surface area (Å²) in [4.78, 5) is 24.1. The maximum atomic E-state index is 15.9. The molecule has 2 saturated heterocycles. The van der Waals surface area contributed by atoms with Crippen molar-refractivity contribution >= 4 is 30.8 Å². The molecule has 0 radical (unpaired) electrons. The highest BCUT2D eigenvalue weighted by Crippen LogP contribution is 2.57. The Labute approximate surface area is 177 Å². The quantitative estimate of drug-likeness (QED) is 0.495. The zero-order chi connectivity index (χ0) is 22.6. The highest BCUT2D eigenvalue weighted by atomic mass is 31.2. The van der Waals surface area contributed by atoms with Gasteiger partial charge in [0.2, 0.25) is 5.95 Å². The Balaban J connectivity index is 1.55. The molecule has 2 fully saturated rings. The monoisotopic (exact) mass is 458 g/mol. The predicted molar refractivity (Wildman–Crippen MR) is 105 cm³/mol. The summed E-state index contributed by atoms with van der Waals surface area (Å²) >= 11 is 0. The normalized spacial score (nSPS) is 34.1. The van der Waals surface area contributed by atoms with Crippen molar-refractivity contribution in [1.29, 1.82) is 0 Å². The molecule has 0 aliphatic carbocycles. The molecule has 170 valence electrons. The molecule has 12 nitrogen and oxygen atoms in total.